The summed E-state index contributed by atoms with van der Waals surface area (Å²) in [5.74, 6) is -0.369. The molecule has 0 aliphatic carbocycles. The Hall–Kier alpha value is -3.49. The van der Waals surface area contributed by atoms with E-state index >= 15 is 0 Å². The number of carbonyl (C=O) groups is 1. The Morgan fingerprint density at radius 2 is 1.81 bits per heavy atom. The van der Waals surface area contributed by atoms with Crippen LogP contribution in [0.25, 0.3) is 5.69 Å². The number of methoxy groups -OCH3 is 1. The topological polar surface area (TPSA) is 59.4 Å². The molecule has 1 N–H and O–H groups in total. The third kappa shape index (κ3) is 4.45. The van der Waals surface area contributed by atoms with Crippen LogP contribution in [0.15, 0.2) is 77.4 Å². The summed E-state index contributed by atoms with van der Waals surface area (Å²) < 4.78 is 8.23. The van der Waals surface area contributed by atoms with Crippen molar-refractivity contribution < 1.29 is 9.53 Å². The van der Waals surface area contributed by atoms with E-state index in [4.69, 9.17) is 17.0 Å². The molecule has 1 aliphatic heterocycles. The number of pyridine rings is 1. The summed E-state index contributed by atoms with van der Waals surface area (Å²) >= 11 is 9.53. The number of aromatic nitrogens is 2. The molecule has 188 valence electrons. The van der Waals surface area contributed by atoms with Gasteiger partial charge < -0.3 is 19.5 Å². The molecular formula is C29H27BrN4O2S. The third-order valence-corrected chi connectivity index (χ3v) is 8.06. The fraction of sp³-hybridized carbons (Fsp3) is 0.207. The van der Waals surface area contributed by atoms with Crippen LogP contribution in [0.1, 0.15) is 50.7 Å². The van der Waals surface area contributed by atoms with Crippen LogP contribution in [-0.4, -0.2) is 27.7 Å². The zero-order valence-corrected chi connectivity index (χ0v) is 23.4. The second kappa shape index (κ2) is 10.1. The molecule has 4 aromatic rings. The lowest BCUT2D eigenvalue weighted by Gasteiger charge is -2.28. The van der Waals surface area contributed by atoms with Gasteiger partial charge in [-0.15, -0.1) is 0 Å². The van der Waals surface area contributed by atoms with Crippen LogP contribution in [0.4, 0.5) is 5.69 Å². The summed E-state index contributed by atoms with van der Waals surface area (Å²) in [6, 6.07) is 21.6. The van der Waals surface area contributed by atoms with E-state index in [0.29, 0.717) is 10.7 Å². The largest absolute Gasteiger partial charge is 0.465 e. The van der Waals surface area contributed by atoms with Crippen molar-refractivity contribution in [3.8, 4) is 5.69 Å². The highest BCUT2D eigenvalue weighted by Gasteiger charge is 2.42. The lowest BCUT2D eigenvalue weighted by molar-refractivity contribution is 0.0600. The lowest BCUT2D eigenvalue weighted by atomic mass is 9.96. The summed E-state index contributed by atoms with van der Waals surface area (Å²) in [5.41, 5.74) is 7.45. The maximum absolute atomic E-state index is 12.6. The first-order chi connectivity index (χ1) is 17.8. The summed E-state index contributed by atoms with van der Waals surface area (Å²) in [6.07, 6.45) is 1.81. The Labute approximate surface area is 230 Å². The van der Waals surface area contributed by atoms with Gasteiger partial charge in [0.05, 0.1) is 36.1 Å². The second-order valence-electron chi connectivity index (χ2n) is 9.10. The van der Waals surface area contributed by atoms with E-state index in [-0.39, 0.29) is 18.1 Å². The van der Waals surface area contributed by atoms with E-state index < -0.39 is 0 Å². The van der Waals surface area contributed by atoms with E-state index in [1.807, 2.05) is 42.5 Å². The predicted octanol–water partition coefficient (Wildman–Crippen LogP) is 6.52. The highest BCUT2D eigenvalue weighted by atomic mass is 79.9. The van der Waals surface area contributed by atoms with Crippen LogP contribution in [0, 0.1) is 20.8 Å². The number of para-hydroxylation sites is 1. The molecule has 1 aliphatic rings. The number of rotatable bonds is 5. The van der Waals surface area contributed by atoms with Crippen molar-refractivity contribution >= 4 is 44.9 Å². The molecule has 0 saturated carbocycles. The Balaban J connectivity index is 1.70. The molecule has 0 radical (unpaired) electrons. The Kier molecular flexibility index (Phi) is 6.88. The molecular weight excluding hydrogens is 548 g/mol. The molecule has 2 aromatic heterocycles. The molecule has 2 aromatic carbocycles. The number of esters is 1. The molecule has 0 unspecified atom stereocenters. The van der Waals surface area contributed by atoms with Gasteiger partial charge in [0, 0.05) is 27.7 Å². The van der Waals surface area contributed by atoms with Gasteiger partial charge in [-0.25, -0.2) is 4.79 Å². The number of aryl methyl sites for hydroxylation is 2. The van der Waals surface area contributed by atoms with Crippen molar-refractivity contribution in [1.82, 2.24) is 14.9 Å². The Morgan fingerprint density at radius 3 is 2.51 bits per heavy atom. The first-order valence-corrected chi connectivity index (χ1v) is 13.1. The quantitative estimate of drug-likeness (QED) is 0.216. The molecule has 37 heavy (non-hydrogen) atoms. The average Bonchev–Trinajstić information content (AvgIpc) is 3.40. The second-order valence-corrected chi connectivity index (χ2v) is 10.3. The van der Waals surface area contributed by atoms with Crippen molar-refractivity contribution in [3.63, 3.8) is 0 Å². The average molecular weight is 576 g/mol. The zero-order chi connectivity index (χ0) is 26.3. The van der Waals surface area contributed by atoms with E-state index in [2.05, 4.69) is 74.7 Å². The number of hydrogen-bond acceptors (Lipinski definition) is 4. The molecule has 2 atom stereocenters. The van der Waals surface area contributed by atoms with Crippen molar-refractivity contribution in [2.45, 2.75) is 32.9 Å². The zero-order valence-electron chi connectivity index (χ0n) is 21.0. The number of benzene rings is 2. The van der Waals surface area contributed by atoms with Gasteiger partial charge >= 0.3 is 5.97 Å². The van der Waals surface area contributed by atoms with Crippen LogP contribution in [0.5, 0.6) is 0 Å². The Bertz CT molecular complexity index is 1500. The monoisotopic (exact) mass is 574 g/mol. The molecule has 0 spiro atoms. The van der Waals surface area contributed by atoms with Gasteiger partial charge in [0.1, 0.15) is 0 Å². The van der Waals surface area contributed by atoms with Crippen molar-refractivity contribution in [2.75, 3.05) is 12.0 Å². The molecule has 6 nitrogen and oxygen atoms in total. The summed E-state index contributed by atoms with van der Waals surface area (Å²) in [6.45, 7) is 6.20. The maximum Gasteiger partial charge on any atom is 0.339 e. The van der Waals surface area contributed by atoms with Crippen LogP contribution < -0.4 is 10.2 Å². The van der Waals surface area contributed by atoms with Crippen LogP contribution in [0.3, 0.4) is 0 Å². The minimum absolute atomic E-state index is 0.159. The fourth-order valence-corrected chi connectivity index (χ4v) is 5.73. The first kappa shape index (κ1) is 25.2. The molecule has 3 heterocycles. The van der Waals surface area contributed by atoms with Gasteiger partial charge in [0.15, 0.2) is 5.11 Å². The summed E-state index contributed by atoms with van der Waals surface area (Å²) in [5, 5.41) is 4.18. The Morgan fingerprint density at radius 1 is 1.05 bits per heavy atom. The van der Waals surface area contributed by atoms with Crippen molar-refractivity contribution in [2.24, 2.45) is 0 Å². The van der Waals surface area contributed by atoms with E-state index in [9.17, 15) is 4.79 Å². The van der Waals surface area contributed by atoms with Crippen LogP contribution in [0.2, 0.25) is 0 Å². The highest BCUT2D eigenvalue weighted by molar-refractivity contribution is 9.10. The number of nitrogens with zero attached hydrogens (tertiary/aromatic N) is 3. The fourth-order valence-electron chi connectivity index (χ4n) is 5.14. The number of hydrogen-bond donors (Lipinski definition) is 1. The van der Waals surface area contributed by atoms with Crippen molar-refractivity contribution in [1.29, 1.82) is 0 Å². The maximum atomic E-state index is 12.6. The van der Waals surface area contributed by atoms with E-state index in [0.717, 1.165) is 44.1 Å². The SMILES string of the molecule is COC(=O)c1ccccc1-n1c(C)cc([C@H]2[C@H](c3ccccn3)NC(=S)N2c2ccc(Br)c(C)c2)c1C. The number of carbonyl (C=O) groups excluding carboxylic acids is 1. The predicted molar refractivity (Wildman–Crippen MR) is 153 cm³/mol. The highest BCUT2D eigenvalue weighted by Crippen LogP contribution is 2.44. The summed E-state index contributed by atoms with van der Waals surface area (Å²) in [4.78, 5) is 19.4. The van der Waals surface area contributed by atoms with Gasteiger partial charge in [-0.1, -0.05) is 34.1 Å². The van der Waals surface area contributed by atoms with E-state index in [1.54, 1.807) is 12.3 Å². The van der Waals surface area contributed by atoms with Gasteiger partial charge in [-0.05, 0) is 92.6 Å². The van der Waals surface area contributed by atoms with Crippen LogP contribution in [-0.2, 0) is 4.74 Å². The number of nitrogens with one attached hydrogen (secondary N) is 1. The van der Waals surface area contributed by atoms with Gasteiger partial charge in [0.2, 0.25) is 0 Å². The van der Waals surface area contributed by atoms with Gasteiger partial charge in [-0.2, -0.15) is 0 Å². The van der Waals surface area contributed by atoms with Gasteiger partial charge in [0.25, 0.3) is 0 Å². The number of thiocarbonyl (C=S) groups is 1. The van der Waals surface area contributed by atoms with Crippen molar-refractivity contribution in [3.05, 3.63) is 111 Å². The third-order valence-electron chi connectivity index (χ3n) is 6.86. The molecule has 0 bridgehead atoms. The number of halogens is 1. The van der Waals surface area contributed by atoms with Gasteiger partial charge in [-0.3, -0.25) is 4.98 Å². The molecule has 1 fully saturated rings. The normalized spacial score (nSPS) is 17.1. The molecule has 8 heteroatoms. The smallest absolute Gasteiger partial charge is 0.339 e. The van der Waals surface area contributed by atoms with Crippen LogP contribution >= 0.6 is 28.1 Å². The molecule has 1 saturated heterocycles. The molecule has 0 amide bonds. The number of ether oxygens (including phenoxy) is 1. The minimum Gasteiger partial charge on any atom is -0.465 e. The standard InChI is InChI=1S/C29H27BrN4O2S/c1-17-15-20(12-13-23(17)30)34-27(26(32-29(34)37)24-10-7-8-14-31-24)22-16-18(2)33(19(22)3)25-11-6-5-9-21(25)28(35)36-4/h5-16,26-27H,1-4H3,(H,32,37)/t26-,27-/m0/s1. The number of anilines is 1. The molecule has 5 rings (SSSR count). The minimum atomic E-state index is -0.369. The van der Waals surface area contributed by atoms with E-state index in [1.165, 1.54) is 7.11 Å². The summed E-state index contributed by atoms with van der Waals surface area (Å²) in [7, 11) is 1.40. The first-order valence-electron chi connectivity index (χ1n) is 11.9. The lowest BCUT2D eigenvalue weighted by Crippen LogP contribution is -2.29.